The van der Waals surface area contributed by atoms with Gasteiger partial charge in [0.05, 0.1) is 31.0 Å². The fourth-order valence-corrected chi connectivity index (χ4v) is 3.69. The molecular weight excluding hydrogens is 362 g/mol. The minimum Gasteiger partial charge on any atom is -0.490 e. The minimum atomic E-state index is -0.539. The lowest BCUT2D eigenvalue weighted by atomic mass is 10.0. The van der Waals surface area contributed by atoms with Gasteiger partial charge in [-0.3, -0.25) is 14.5 Å². The first kappa shape index (κ1) is 16.3. The summed E-state index contributed by atoms with van der Waals surface area (Å²) in [6.07, 6.45) is 1.48. The average Bonchev–Trinajstić information content (AvgIpc) is 3.27. The van der Waals surface area contributed by atoms with E-state index in [0.29, 0.717) is 38.8 Å². The molecule has 0 atom stereocenters. The van der Waals surface area contributed by atoms with Gasteiger partial charge in [0.2, 0.25) is 5.75 Å². The van der Waals surface area contributed by atoms with Crippen LogP contribution < -0.4 is 10.4 Å². The lowest BCUT2D eigenvalue weighted by Gasteiger charge is -2.17. The Morgan fingerprint density at radius 1 is 0.893 bits per heavy atom. The SMILES string of the molecule is COc1c2occc2c(CN2C(=O)c3ccccc3C2=O)c2ccc(=O)oc12. The Morgan fingerprint density at radius 2 is 1.57 bits per heavy atom. The van der Waals surface area contributed by atoms with Crippen LogP contribution in [0.2, 0.25) is 0 Å². The number of fused-ring (bicyclic) bond motifs is 3. The molecule has 7 nitrogen and oxygen atoms in total. The molecule has 0 N–H and O–H groups in total. The molecule has 3 heterocycles. The van der Waals surface area contributed by atoms with Gasteiger partial charge in [-0.05, 0) is 29.8 Å². The lowest BCUT2D eigenvalue weighted by molar-refractivity contribution is 0.0643. The van der Waals surface area contributed by atoms with Crippen molar-refractivity contribution in [3.05, 3.63) is 75.8 Å². The predicted octanol–water partition coefficient (Wildman–Crippen LogP) is 3.34. The summed E-state index contributed by atoms with van der Waals surface area (Å²) in [6, 6.07) is 11.3. The molecule has 28 heavy (non-hydrogen) atoms. The van der Waals surface area contributed by atoms with Gasteiger partial charge < -0.3 is 13.6 Å². The summed E-state index contributed by atoms with van der Waals surface area (Å²) >= 11 is 0. The van der Waals surface area contributed by atoms with Gasteiger partial charge in [-0.2, -0.15) is 0 Å². The van der Waals surface area contributed by atoms with Crippen molar-refractivity contribution in [3.63, 3.8) is 0 Å². The first-order valence-corrected chi connectivity index (χ1v) is 8.55. The van der Waals surface area contributed by atoms with Gasteiger partial charge in [0, 0.05) is 16.8 Å². The first-order chi connectivity index (χ1) is 13.6. The summed E-state index contributed by atoms with van der Waals surface area (Å²) < 4.78 is 16.3. The summed E-state index contributed by atoms with van der Waals surface area (Å²) in [5.41, 5.74) is 1.45. The summed E-state index contributed by atoms with van der Waals surface area (Å²) in [7, 11) is 1.45. The zero-order valence-corrected chi connectivity index (χ0v) is 14.7. The molecule has 138 valence electrons. The molecule has 1 aliphatic rings. The van der Waals surface area contributed by atoms with Gasteiger partial charge in [0.15, 0.2) is 11.2 Å². The van der Waals surface area contributed by atoms with Crippen molar-refractivity contribution in [2.75, 3.05) is 7.11 Å². The van der Waals surface area contributed by atoms with E-state index >= 15 is 0 Å². The maximum absolute atomic E-state index is 12.8. The number of benzene rings is 2. The van der Waals surface area contributed by atoms with Crippen LogP contribution in [0.25, 0.3) is 21.9 Å². The highest BCUT2D eigenvalue weighted by Crippen LogP contribution is 2.39. The zero-order valence-electron chi connectivity index (χ0n) is 14.7. The van der Waals surface area contributed by atoms with Crippen LogP contribution in [0.4, 0.5) is 0 Å². The molecule has 5 rings (SSSR count). The average molecular weight is 375 g/mol. The summed E-state index contributed by atoms with van der Waals surface area (Å²) in [6.45, 7) is 0.0105. The van der Waals surface area contributed by atoms with Gasteiger partial charge in [0.1, 0.15) is 0 Å². The molecule has 4 aromatic rings. The Labute approximate surface area is 157 Å². The highest BCUT2D eigenvalue weighted by atomic mass is 16.5. The first-order valence-electron chi connectivity index (χ1n) is 8.55. The van der Waals surface area contributed by atoms with Crippen molar-refractivity contribution in [2.45, 2.75) is 6.54 Å². The third-order valence-electron chi connectivity index (χ3n) is 4.96. The number of hydrogen-bond acceptors (Lipinski definition) is 6. The Balaban J connectivity index is 1.74. The van der Waals surface area contributed by atoms with E-state index in [-0.39, 0.29) is 23.9 Å². The Hall–Kier alpha value is -3.87. The number of hydrogen-bond donors (Lipinski definition) is 0. The molecule has 2 aromatic carbocycles. The van der Waals surface area contributed by atoms with E-state index in [2.05, 4.69) is 0 Å². The summed E-state index contributed by atoms with van der Waals surface area (Å²) in [4.78, 5) is 38.5. The van der Waals surface area contributed by atoms with Crippen LogP contribution in [-0.4, -0.2) is 23.8 Å². The van der Waals surface area contributed by atoms with Crippen LogP contribution in [0, 0.1) is 0 Å². The van der Waals surface area contributed by atoms with E-state index in [4.69, 9.17) is 13.6 Å². The normalized spacial score (nSPS) is 13.5. The van der Waals surface area contributed by atoms with E-state index in [9.17, 15) is 14.4 Å². The van der Waals surface area contributed by atoms with Gasteiger partial charge in [-0.1, -0.05) is 12.1 Å². The molecule has 0 unspecified atom stereocenters. The monoisotopic (exact) mass is 375 g/mol. The second-order valence-electron chi connectivity index (χ2n) is 6.41. The van der Waals surface area contributed by atoms with Crippen molar-refractivity contribution in [2.24, 2.45) is 0 Å². The molecule has 0 spiro atoms. The van der Waals surface area contributed by atoms with Crippen molar-refractivity contribution in [1.82, 2.24) is 4.90 Å². The zero-order chi connectivity index (χ0) is 19.4. The Bertz CT molecular complexity index is 1310. The van der Waals surface area contributed by atoms with Crippen LogP contribution in [0.5, 0.6) is 5.75 Å². The quantitative estimate of drug-likeness (QED) is 0.403. The van der Waals surface area contributed by atoms with E-state index < -0.39 is 5.63 Å². The molecule has 2 aromatic heterocycles. The minimum absolute atomic E-state index is 0.0105. The van der Waals surface area contributed by atoms with Crippen LogP contribution in [0.3, 0.4) is 0 Å². The predicted molar refractivity (Wildman–Crippen MR) is 99.5 cm³/mol. The van der Waals surface area contributed by atoms with E-state index in [1.165, 1.54) is 24.3 Å². The second-order valence-corrected chi connectivity index (χ2v) is 6.41. The molecule has 2 amide bonds. The maximum atomic E-state index is 12.8. The second kappa shape index (κ2) is 5.82. The van der Waals surface area contributed by atoms with E-state index in [1.807, 2.05) is 0 Å². The number of imide groups is 1. The molecule has 0 aliphatic carbocycles. The molecule has 0 radical (unpaired) electrons. The van der Waals surface area contributed by atoms with Crippen molar-refractivity contribution in [3.8, 4) is 5.75 Å². The van der Waals surface area contributed by atoms with Crippen LogP contribution in [0.1, 0.15) is 26.3 Å². The molecular formula is C21H13NO6. The highest BCUT2D eigenvalue weighted by molar-refractivity contribution is 6.21. The number of ether oxygens (including phenoxy) is 1. The number of methoxy groups -OCH3 is 1. The van der Waals surface area contributed by atoms with E-state index in [1.54, 1.807) is 36.4 Å². The van der Waals surface area contributed by atoms with Crippen LogP contribution in [0.15, 0.2) is 62.4 Å². The molecule has 1 aliphatic heterocycles. The maximum Gasteiger partial charge on any atom is 0.336 e. The Kier molecular flexibility index (Phi) is 3.39. The largest absolute Gasteiger partial charge is 0.490 e. The number of amides is 2. The van der Waals surface area contributed by atoms with Gasteiger partial charge in [0.25, 0.3) is 11.8 Å². The Morgan fingerprint density at radius 3 is 2.25 bits per heavy atom. The van der Waals surface area contributed by atoms with Crippen molar-refractivity contribution < 1.29 is 23.2 Å². The standard InChI is InChI=1S/C21H13NO6/c1-26-19-17-12(8-9-27-17)15(11-6-7-16(23)28-18(11)19)10-22-20(24)13-4-2-3-5-14(13)21(22)25/h2-9H,10H2,1H3. The van der Waals surface area contributed by atoms with Gasteiger partial charge >= 0.3 is 5.63 Å². The number of furan rings is 1. The molecule has 0 saturated heterocycles. The molecule has 7 heteroatoms. The topological polar surface area (TPSA) is 90.0 Å². The molecule has 0 bridgehead atoms. The number of carbonyl (C=O) groups is 2. The molecule has 0 fully saturated rings. The van der Waals surface area contributed by atoms with Crippen LogP contribution >= 0.6 is 0 Å². The van der Waals surface area contributed by atoms with Crippen molar-refractivity contribution in [1.29, 1.82) is 0 Å². The number of rotatable bonds is 3. The lowest BCUT2D eigenvalue weighted by Crippen LogP contribution is -2.29. The van der Waals surface area contributed by atoms with E-state index in [0.717, 1.165) is 0 Å². The van der Waals surface area contributed by atoms with Crippen molar-refractivity contribution >= 4 is 33.8 Å². The van der Waals surface area contributed by atoms with Gasteiger partial charge in [-0.15, -0.1) is 0 Å². The number of nitrogens with zero attached hydrogens (tertiary/aromatic N) is 1. The smallest absolute Gasteiger partial charge is 0.336 e. The highest BCUT2D eigenvalue weighted by Gasteiger charge is 2.36. The third kappa shape index (κ3) is 2.13. The van der Waals surface area contributed by atoms with Gasteiger partial charge in [-0.25, -0.2) is 4.79 Å². The number of carbonyl (C=O) groups excluding carboxylic acids is 2. The van der Waals surface area contributed by atoms with Crippen LogP contribution in [-0.2, 0) is 6.54 Å². The fourth-order valence-electron chi connectivity index (χ4n) is 3.69. The molecule has 0 saturated carbocycles. The third-order valence-corrected chi connectivity index (χ3v) is 4.96. The summed E-state index contributed by atoms with van der Waals surface area (Å²) in [5, 5.41) is 1.25. The summed E-state index contributed by atoms with van der Waals surface area (Å²) in [5.74, 6) is -0.434. The fraction of sp³-hybridized carbons (Fsp3) is 0.0952.